The Morgan fingerprint density at radius 2 is 1.69 bits per heavy atom. The van der Waals surface area contributed by atoms with Crippen molar-refractivity contribution in [3.63, 3.8) is 0 Å². The molecule has 9 nitrogen and oxygen atoms in total. The van der Waals surface area contributed by atoms with Crippen LogP contribution in [0.2, 0.25) is 0 Å². The molecule has 1 atom stereocenters. The van der Waals surface area contributed by atoms with Crippen molar-refractivity contribution in [2.75, 3.05) is 25.7 Å². The summed E-state index contributed by atoms with van der Waals surface area (Å²) < 4.78 is 15.5. The molecular weight excluding hydrogens is 484 g/mol. The van der Waals surface area contributed by atoms with Gasteiger partial charge in [0.05, 0.1) is 38.1 Å². The van der Waals surface area contributed by atoms with E-state index in [0.717, 1.165) is 11.3 Å². The lowest BCUT2D eigenvalue weighted by molar-refractivity contribution is -0.132. The van der Waals surface area contributed by atoms with Crippen molar-refractivity contribution in [1.29, 1.82) is 0 Å². The normalized spacial score (nSPS) is 16.8. The summed E-state index contributed by atoms with van der Waals surface area (Å²) in [7, 11) is 2.77. The topological polar surface area (TPSA) is 115 Å². The van der Waals surface area contributed by atoms with Crippen LogP contribution in [-0.2, 0) is 14.3 Å². The molecule has 1 amide bonds. The third-order valence-corrected chi connectivity index (χ3v) is 6.81. The lowest BCUT2D eigenvalue weighted by atomic mass is 9.95. The number of thiazole rings is 1. The van der Waals surface area contributed by atoms with E-state index in [2.05, 4.69) is 4.98 Å². The van der Waals surface area contributed by atoms with Crippen LogP contribution in [0, 0.1) is 6.92 Å². The summed E-state index contributed by atoms with van der Waals surface area (Å²) in [6.45, 7) is 3.96. The van der Waals surface area contributed by atoms with Crippen molar-refractivity contribution in [2.45, 2.75) is 19.9 Å². The second kappa shape index (κ2) is 10.2. The summed E-state index contributed by atoms with van der Waals surface area (Å²) in [6, 6.07) is 12.4. The van der Waals surface area contributed by atoms with Gasteiger partial charge in [-0.3, -0.25) is 14.5 Å². The number of Topliss-reactive ketones (excluding diaryl/α,β-unsaturated/α-hetero) is 1. The number of amides is 1. The van der Waals surface area contributed by atoms with E-state index in [1.165, 1.54) is 19.1 Å². The highest BCUT2D eigenvalue weighted by Crippen LogP contribution is 2.44. The third-order valence-electron chi connectivity index (χ3n) is 5.68. The van der Waals surface area contributed by atoms with Crippen LogP contribution in [0.5, 0.6) is 11.5 Å². The van der Waals surface area contributed by atoms with Gasteiger partial charge < -0.3 is 19.3 Å². The number of hydrogen-bond donors (Lipinski definition) is 1. The predicted molar refractivity (Wildman–Crippen MR) is 134 cm³/mol. The monoisotopic (exact) mass is 508 g/mol. The first-order chi connectivity index (χ1) is 17.3. The van der Waals surface area contributed by atoms with Crippen molar-refractivity contribution < 1.29 is 33.7 Å². The standard InChI is InChI=1S/C26H24N2O7S/c1-5-35-18-12-6-15(7-13-18)20-19(21(29)16-8-10-17(33-3)11-9-16)22(30)24(31)28(20)26-27-14(2)23(36-26)25(32)34-4/h6-13,20,29H,5H2,1-4H3/b21-19-. The Hall–Kier alpha value is -4.18. The fraction of sp³-hybridized carbons (Fsp3) is 0.231. The second-order valence-electron chi connectivity index (χ2n) is 7.80. The SMILES string of the molecule is CCOc1ccc(C2/C(=C(/O)c3ccc(OC)cc3)C(=O)C(=O)N2c2nc(C)c(C(=O)OC)s2)cc1. The van der Waals surface area contributed by atoms with Crippen LogP contribution in [0.3, 0.4) is 0 Å². The fourth-order valence-electron chi connectivity index (χ4n) is 3.93. The predicted octanol–water partition coefficient (Wildman–Crippen LogP) is 4.27. The van der Waals surface area contributed by atoms with Gasteiger partial charge in [-0.2, -0.15) is 0 Å². The Morgan fingerprint density at radius 1 is 1.06 bits per heavy atom. The maximum absolute atomic E-state index is 13.3. The number of aryl methyl sites for hydroxylation is 1. The number of aliphatic hydroxyl groups is 1. The van der Waals surface area contributed by atoms with Gasteiger partial charge in [-0.1, -0.05) is 23.5 Å². The molecule has 4 rings (SSSR count). The summed E-state index contributed by atoms with van der Waals surface area (Å²) >= 11 is 0.941. The Bertz CT molecular complexity index is 1340. The number of benzene rings is 2. The summed E-state index contributed by atoms with van der Waals surface area (Å²) in [5.74, 6) is -1.47. The summed E-state index contributed by atoms with van der Waals surface area (Å²) in [6.07, 6.45) is 0. The minimum absolute atomic E-state index is 0.0956. The number of carbonyl (C=O) groups is 3. The van der Waals surface area contributed by atoms with Crippen molar-refractivity contribution in [3.05, 3.63) is 75.8 Å². The molecule has 10 heteroatoms. The molecule has 1 aliphatic rings. The van der Waals surface area contributed by atoms with Crippen molar-refractivity contribution in [3.8, 4) is 11.5 Å². The zero-order valence-electron chi connectivity index (χ0n) is 20.1. The number of carbonyl (C=O) groups excluding carboxylic acids is 3. The van der Waals surface area contributed by atoms with E-state index < -0.39 is 23.7 Å². The van der Waals surface area contributed by atoms with Gasteiger partial charge in [-0.15, -0.1) is 0 Å². The molecule has 2 heterocycles. The molecule has 0 aliphatic carbocycles. The van der Waals surface area contributed by atoms with Crippen molar-refractivity contribution in [1.82, 2.24) is 4.98 Å². The van der Waals surface area contributed by atoms with Gasteiger partial charge in [-0.25, -0.2) is 9.78 Å². The molecule has 0 spiro atoms. The van der Waals surface area contributed by atoms with Crippen LogP contribution < -0.4 is 14.4 Å². The largest absolute Gasteiger partial charge is 0.507 e. The van der Waals surface area contributed by atoms with E-state index in [0.29, 0.717) is 34.9 Å². The van der Waals surface area contributed by atoms with Crippen molar-refractivity contribution in [2.24, 2.45) is 0 Å². The van der Waals surface area contributed by atoms with E-state index in [4.69, 9.17) is 14.2 Å². The van der Waals surface area contributed by atoms with Crippen LogP contribution in [-0.4, -0.2) is 48.6 Å². The van der Waals surface area contributed by atoms with E-state index in [1.54, 1.807) is 55.5 Å². The van der Waals surface area contributed by atoms with Gasteiger partial charge in [0.1, 0.15) is 22.1 Å². The molecule has 2 aromatic carbocycles. The van der Waals surface area contributed by atoms with E-state index >= 15 is 0 Å². The number of methoxy groups -OCH3 is 2. The third kappa shape index (κ3) is 4.42. The zero-order chi connectivity index (χ0) is 26.0. The van der Waals surface area contributed by atoms with Gasteiger partial charge in [-0.05, 0) is 55.8 Å². The number of nitrogens with zero attached hydrogens (tertiary/aromatic N) is 2. The van der Waals surface area contributed by atoms with Crippen molar-refractivity contribution >= 4 is 39.9 Å². The number of aliphatic hydroxyl groups excluding tert-OH is 1. The van der Waals surface area contributed by atoms with Crippen LogP contribution in [0.25, 0.3) is 5.76 Å². The molecule has 1 N–H and O–H groups in total. The summed E-state index contributed by atoms with van der Waals surface area (Å²) in [5, 5.41) is 11.4. The van der Waals surface area contributed by atoms with Gasteiger partial charge in [0, 0.05) is 5.56 Å². The Kier molecular flexibility index (Phi) is 7.07. The number of ether oxygens (including phenoxy) is 3. The highest BCUT2D eigenvalue weighted by molar-refractivity contribution is 7.17. The second-order valence-corrected chi connectivity index (χ2v) is 8.78. The Labute approximate surface area is 211 Å². The number of anilines is 1. The van der Waals surface area contributed by atoms with Gasteiger partial charge in [0.2, 0.25) is 0 Å². The lowest BCUT2D eigenvalue weighted by Crippen LogP contribution is -2.29. The maximum atomic E-state index is 13.3. The molecular formula is C26H24N2O7S. The number of ketones is 1. The quantitative estimate of drug-likeness (QED) is 0.218. The molecule has 1 fully saturated rings. The van der Waals surface area contributed by atoms with Gasteiger partial charge >= 0.3 is 11.9 Å². The number of aromatic nitrogens is 1. The highest BCUT2D eigenvalue weighted by Gasteiger charge is 2.48. The molecule has 3 aromatic rings. The van der Waals surface area contributed by atoms with E-state index in [9.17, 15) is 19.5 Å². The molecule has 1 aromatic heterocycles. The lowest BCUT2D eigenvalue weighted by Gasteiger charge is -2.23. The Balaban J connectivity index is 1.89. The van der Waals surface area contributed by atoms with E-state index in [-0.39, 0.29) is 21.3 Å². The first-order valence-electron chi connectivity index (χ1n) is 11.0. The molecule has 0 bridgehead atoms. The van der Waals surface area contributed by atoms with Crippen LogP contribution in [0.15, 0.2) is 54.1 Å². The average molecular weight is 509 g/mol. The molecule has 36 heavy (non-hydrogen) atoms. The number of esters is 1. The first-order valence-corrected chi connectivity index (χ1v) is 11.9. The number of rotatable bonds is 7. The molecule has 1 unspecified atom stereocenters. The minimum atomic E-state index is -0.987. The maximum Gasteiger partial charge on any atom is 0.350 e. The molecule has 0 saturated carbocycles. The Morgan fingerprint density at radius 3 is 2.28 bits per heavy atom. The molecule has 1 aliphatic heterocycles. The van der Waals surface area contributed by atoms with Gasteiger partial charge in [0.15, 0.2) is 5.13 Å². The molecule has 186 valence electrons. The van der Waals surface area contributed by atoms with E-state index in [1.807, 2.05) is 6.92 Å². The summed E-state index contributed by atoms with van der Waals surface area (Å²) in [5.41, 5.74) is 1.17. The zero-order valence-corrected chi connectivity index (χ0v) is 20.9. The highest BCUT2D eigenvalue weighted by atomic mass is 32.1. The molecule has 0 radical (unpaired) electrons. The fourth-order valence-corrected chi connectivity index (χ4v) is 4.94. The average Bonchev–Trinajstić information content (AvgIpc) is 3.40. The first kappa shape index (κ1) is 24.9. The molecule has 1 saturated heterocycles. The van der Waals surface area contributed by atoms with Crippen LogP contribution >= 0.6 is 11.3 Å². The number of hydrogen-bond acceptors (Lipinski definition) is 9. The summed E-state index contributed by atoms with van der Waals surface area (Å²) in [4.78, 5) is 44.6. The van der Waals surface area contributed by atoms with Gasteiger partial charge in [0.25, 0.3) is 5.78 Å². The van der Waals surface area contributed by atoms with Crippen LogP contribution in [0.1, 0.15) is 39.5 Å². The van der Waals surface area contributed by atoms with Crippen LogP contribution in [0.4, 0.5) is 5.13 Å². The minimum Gasteiger partial charge on any atom is -0.507 e. The smallest absolute Gasteiger partial charge is 0.350 e.